The highest BCUT2D eigenvalue weighted by Gasteiger charge is 2.23. The molecule has 6 heteroatoms. The van der Waals surface area contributed by atoms with Gasteiger partial charge in [0.1, 0.15) is 6.10 Å². The summed E-state index contributed by atoms with van der Waals surface area (Å²) in [6, 6.07) is 7.35. The van der Waals surface area contributed by atoms with Gasteiger partial charge in [0, 0.05) is 37.4 Å². The Balaban J connectivity index is 1.61. The van der Waals surface area contributed by atoms with Crippen molar-refractivity contribution < 1.29 is 14.3 Å². The van der Waals surface area contributed by atoms with Crippen LogP contribution in [0, 0.1) is 0 Å². The third kappa shape index (κ3) is 3.22. The molecule has 0 aromatic heterocycles. The van der Waals surface area contributed by atoms with E-state index in [4.69, 9.17) is 4.74 Å². The molecule has 1 atom stereocenters. The van der Waals surface area contributed by atoms with Crippen molar-refractivity contribution in [3.8, 4) is 0 Å². The monoisotopic (exact) mass is 289 g/mol. The lowest BCUT2D eigenvalue weighted by Crippen LogP contribution is -2.45. The maximum absolute atomic E-state index is 12.0. The molecule has 2 fully saturated rings. The zero-order valence-electron chi connectivity index (χ0n) is 11.8. The van der Waals surface area contributed by atoms with Gasteiger partial charge < -0.3 is 20.3 Å². The van der Waals surface area contributed by atoms with Gasteiger partial charge in [-0.15, -0.1) is 0 Å². The number of hydrogen-bond acceptors (Lipinski definition) is 4. The lowest BCUT2D eigenvalue weighted by molar-refractivity contribution is -0.128. The Morgan fingerprint density at radius 1 is 1.33 bits per heavy atom. The maximum atomic E-state index is 12.0. The van der Waals surface area contributed by atoms with Crippen LogP contribution in [0.1, 0.15) is 12.8 Å². The van der Waals surface area contributed by atoms with Gasteiger partial charge in [0.25, 0.3) is 5.91 Å². The Bertz CT molecular complexity index is 523. The molecule has 2 N–H and O–H groups in total. The minimum absolute atomic E-state index is 0.146. The highest BCUT2D eigenvalue weighted by molar-refractivity contribution is 5.97. The normalized spacial score (nSPS) is 22.4. The zero-order chi connectivity index (χ0) is 14.7. The third-order valence-electron chi connectivity index (χ3n) is 3.74. The predicted octanol–water partition coefficient (Wildman–Crippen LogP) is 0.740. The molecule has 0 radical (unpaired) electrons. The van der Waals surface area contributed by atoms with Gasteiger partial charge in [0.15, 0.2) is 0 Å². The van der Waals surface area contributed by atoms with E-state index in [-0.39, 0.29) is 11.8 Å². The highest BCUT2D eigenvalue weighted by atomic mass is 16.5. The first kappa shape index (κ1) is 14.0. The van der Waals surface area contributed by atoms with Gasteiger partial charge in [0.05, 0.1) is 6.61 Å². The molecular formula is C15H19N3O3. The fourth-order valence-corrected chi connectivity index (χ4v) is 2.60. The Hall–Kier alpha value is -1.92. The van der Waals surface area contributed by atoms with Gasteiger partial charge in [-0.2, -0.15) is 0 Å². The average Bonchev–Trinajstić information content (AvgIpc) is 2.95. The van der Waals surface area contributed by atoms with Crippen LogP contribution in [-0.2, 0) is 14.3 Å². The van der Waals surface area contributed by atoms with E-state index >= 15 is 0 Å². The number of carbonyl (C=O) groups is 2. The Morgan fingerprint density at radius 2 is 2.14 bits per heavy atom. The molecule has 2 heterocycles. The van der Waals surface area contributed by atoms with E-state index in [1.165, 1.54) is 0 Å². The molecule has 2 saturated heterocycles. The second kappa shape index (κ2) is 6.24. The molecule has 1 aromatic carbocycles. The quantitative estimate of drug-likeness (QED) is 0.861. The van der Waals surface area contributed by atoms with Crippen LogP contribution in [0.3, 0.4) is 0 Å². The summed E-state index contributed by atoms with van der Waals surface area (Å²) in [6.45, 7) is 2.63. The number of rotatable bonds is 3. The summed E-state index contributed by atoms with van der Waals surface area (Å²) in [6.07, 6.45) is 1.08. The van der Waals surface area contributed by atoms with Gasteiger partial charge in [0.2, 0.25) is 5.91 Å². The smallest absolute Gasteiger partial charge is 0.254 e. The number of benzene rings is 1. The fraction of sp³-hybridized carbons (Fsp3) is 0.467. The number of hydrogen-bond donors (Lipinski definition) is 2. The molecule has 112 valence electrons. The molecule has 6 nitrogen and oxygen atoms in total. The van der Waals surface area contributed by atoms with E-state index in [0.29, 0.717) is 25.3 Å². The van der Waals surface area contributed by atoms with Crippen molar-refractivity contribution in [3.05, 3.63) is 24.3 Å². The van der Waals surface area contributed by atoms with Crippen molar-refractivity contribution in [1.29, 1.82) is 0 Å². The molecule has 0 spiro atoms. The molecular weight excluding hydrogens is 270 g/mol. The molecule has 1 aromatic rings. The van der Waals surface area contributed by atoms with Crippen LogP contribution in [0.2, 0.25) is 0 Å². The first-order valence-electron chi connectivity index (χ1n) is 7.28. The van der Waals surface area contributed by atoms with Crippen molar-refractivity contribution >= 4 is 23.2 Å². The highest BCUT2D eigenvalue weighted by Crippen LogP contribution is 2.23. The van der Waals surface area contributed by atoms with E-state index in [0.717, 1.165) is 25.2 Å². The zero-order valence-corrected chi connectivity index (χ0v) is 11.8. The fourth-order valence-electron chi connectivity index (χ4n) is 2.60. The van der Waals surface area contributed by atoms with Gasteiger partial charge in [-0.05, 0) is 30.7 Å². The lowest BCUT2D eigenvalue weighted by atomic mass is 10.2. The number of carbonyl (C=O) groups excluding carboxylic acids is 2. The van der Waals surface area contributed by atoms with Crippen molar-refractivity contribution in [3.63, 3.8) is 0 Å². The second-order valence-corrected chi connectivity index (χ2v) is 5.25. The van der Waals surface area contributed by atoms with Gasteiger partial charge in [-0.25, -0.2) is 0 Å². The largest absolute Gasteiger partial charge is 0.366 e. The molecule has 21 heavy (non-hydrogen) atoms. The van der Waals surface area contributed by atoms with E-state index in [1.807, 2.05) is 24.3 Å². The Kier molecular flexibility index (Phi) is 4.17. The van der Waals surface area contributed by atoms with Crippen LogP contribution in [0.25, 0.3) is 0 Å². The maximum Gasteiger partial charge on any atom is 0.254 e. The Morgan fingerprint density at radius 3 is 2.76 bits per heavy atom. The van der Waals surface area contributed by atoms with E-state index in [1.54, 1.807) is 4.90 Å². The standard InChI is InChI=1S/C15H19N3O3/c19-14-2-1-8-18(14)12-5-3-11(4-6-12)17-15(20)13-10-16-7-9-21-13/h3-6,13,16H,1-2,7-10H2,(H,17,20). The first-order valence-corrected chi connectivity index (χ1v) is 7.28. The summed E-state index contributed by atoms with van der Waals surface area (Å²) in [7, 11) is 0. The predicted molar refractivity (Wildman–Crippen MR) is 79.3 cm³/mol. The van der Waals surface area contributed by atoms with Crippen LogP contribution in [0.5, 0.6) is 0 Å². The van der Waals surface area contributed by atoms with Crippen molar-refractivity contribution in [2.75, 3.05) is 36.5 Å². The molecule has 1 unspecified atom stereocenters. The number of nitrogens with zero attached hydrogens (tertiary/aromatic N) is 1. The molecule has 0 aliphatic carbocycles. The summed E-state index contributed by atoms with van der Waals surface area (Å²) < 4.78 is 5.40. The van der Waals surface area contributed by atoms with E-state index in [2.05, 4.69) is 10.6 Å². The average molecular weight is 289 g/mol. The van der Waals surface area contributed by atoms with Crippen LogP contribution >= 0.6 is 0 Å². The molecule has 0 bridgehead atoms. The summed E-state index contributed by atoms with van der Waals surface area (Å²) in [5.41, 5.74) is 1.59. The minimum Gasteiger partial charge on any atom is -0.366 e. The van der Waals surface area contributed by atoms with Crippen LogP contribution in [0.4, 0.5) is 11.4 Å². The van der Waals surface area contributed by atoms with Crippen LogP contribution in [-0.4, -0.2) is 44.2 Å². The first-order chi connectivity index (χ1) is 10.2. The SMILES string of the molecule is O=C(Nc1ccc(N2CCCC2=O)cc1)C1CNCCO1. The van der Waals surface area contributed by atoms with Crippen LogP contribution < -0.4 is 15.5 Å². The molecule has 3 rings (SSSR count). The number of anilines is 2. The molecule has 2 aliphatic heterocycles. The topological polar surface area (TPSA) is 70.7 Å². The lowest BCUT2D eigenvalue weighted by Gasteiger charge is -2.23. The molecule has 0 saturated carbocycles. The number of ether oxygens (including phenoxy) is 1. The Labute approximate surface area is 123 Å². The third-order valence-corrected chi connectivity index (χ3v) is 3.74. The summed E-state index contributed by atoms with van der Waals surface area (Å²) >= 11 is 0. The minimum atomic E-state index is -0.446. The van der Waals surface area contributed by atoms with E-state index in [9.17, 15) is 9.59 Å². The van der Waals surface area contributed by atoms with Gasteiger partial charge in [-0.3, -0.25) is 9.59 Å². The van der Waals surface area contributed by atoms with Crippen molar-refractivity contribution in [2.45, 2.75) is 18.9 Å². The number of amides is 2. The van der Waals surface area contributed by atoms with Crippen LogP contribution in [0.15, 0.2) is 24.3 Å². The molecule has 2 amide bonds. The summed E-state index contributed by atoms with van der Waals surface area (Å²) in [5, 5.41) is 5.96. The van der Waals surface area contributed by atoms with Crippen molar-refractivity contribution in [1.82, 2.24) is 5.32 Å². The number of nitrogens with one attached hydrogen (secondary N) is 2. The summed E-state index contributed by atoms with van der Waals surface area (Å²) in [5.74, 6) is 0.0145. The van der Waals surface area contributed by atoms with E-state index < -0.39 is 6.10 Å². The van der Waals surface area contributed by atoms with Gasteiger partial charge >= 0.3 is 0 Å². The molecule has 2 aliphatic rings. The summed E-state index contributed by atoms with van der Waals surface area (Å²) in [4.78, 5) is 25.5. The van der Waals surface area contributed by atoms with Gasteiger partial charge in [-0.1, -0.05) is 0 Å². The second-order valence-electron chi connectivity index (χ2n) is 5.25. The number of morpholine rings is 1. The van der Waals surface area contributed by atoms with Crippen molar-refractivity contribution in [2.24, 2.45) is 0 Å².